The number of nitrogens with zero attached hydrogens (tertiary/aromatic N) is 3. The molecule has 2 heterocycles. The van der Waals surface area contributed by atoms with Crippen LogP contribution in [-0.2, 0) is 13.0 Å². The van der Waals surface area contributed by atoms with Crippen molar-refractivity contribution < 1.29 is 0 Å². The predicted octanol–water partition coefficient (Wildman–Crippen LogP) is 1.93. The molecule has 1 aliphatic rings. The van der Waals surface area contributed by atoms with Crippen LogP contribution in [0, 0.1) is 0 Å². The third-order valence-electron chi connectivity index (χ3n) is 3.04. The molecule has 16 heavy (non-hydrogen) atoms. The van der Waals surface area contributed by atoms with E-state index in [2.05, 4.69) is 44.3 Å². The summed E-state index contributed by atoms with van der Waals surface area (Å²) in [6.07, 6.45) is 2.24. The Morgan fingerprint density at radius 1 is 1.19 bits per heavy atom. The van der Waals surface area contributed by atoms with Gasteiger partial charge in [0.15, 0.2) is 5.82 Å². The zero-order valence-electron chi connectivity index (χ0n) is 9.27. The van der Waals surface area contributed by atoms with Crippen molar-refractivity contribution >= 4 is 5.69 Å². The molecule has 82 valence electrons. The Morgan fingerprint density at radius 3 is 2.75 bits per heavy atom. The van der Waals surface area contributed by atoms with Gasteiger partial charge in [0.25, 0.3) is 0 Å². The minimum atomic E-state index is 0.996. The van der Waals surface area contributed by atoms with Crippen LogP contribution in [0.15, 0.2) is 24.3 Å². The maximum absolute atomic E-state index is 4.26. The Kier molecular flexibility index (Phi) is 2.13. The van der Waals surface area contributed by atoms with Crippen LogP contribution in [0.1, 0.15) is 12.2 Å². The molecule has 4 heteroatoms. The zero-order valence-corrected chi connectivity index (χ0v) is 9.27. The largest absolute Gasteiger partial charge is 0.388 e. The first kappa shape index (κ1) is 9.39. The van der Waals surface area contributed by atoms with Gasteiger partial charge in [-0.2, -0.15) is 0 Å². The molecule has 0 spiro atoms. The molecule has 3 rings (SSSR count). The molecule has 0 saturated carbocycles. The van der Waals surface area contributed by atoms with Gasteiger partial charge in [-0.05, 0) is 30.7 Å². The molecule has 1 N–H and O–H groups in total. The minimum absolute atomic E-state index is 0.996. The average molecular weight is 214 g/mol. The number of nitrogens with one attached hydrogen (secondary N) is 1. The molecule has 1 aliphatic heterocycles. The highest BCUT2D eigenvalue weighted by Gasteiger charge is 2.17. The van der Waals surface area contributed by atoms with Crippen molar-refractivity contribution in [3.63, 3.8) is 0 Å². The molecule has 2 aromatic rings. The van der Waals surface area contributed by atoms with Gasteiger partial charge in [-0.3, -0.25) is 0 Å². The first-order chi connectivity index (χ1) is 7.88. The lowest BCUT2D eigenvalue weighted by Gasteiger charge is -2.04. The number of aromatic nitrogens is 3. The number of fused-ring (bicyclic) bond motifs is 1. The third kappa shape index (κ3) is 1.38. The fourth-order valence-electron chi connectivity index (χ4n) is 2.15. The fourth-order valence-corrected chi connectivity index (χ4v) is 2.15. The number of benzene rings is 1. The molecule has 0 saturated heterocycles. The lowest BCUT2D eigenvalue weighted by molar-refractivity contribution is 0.748. The van der Waals surface area contributed by atoms with E-state index in [0.717, 1.165) is 35.9 Å². The standard InChI is InChI=1S/C12H14N4/c1-13-10-6-4-9(5-7-10)12-15-14-11-3-2-8-16(11)12/h4-7,13H,2-3,8H2,1H3. The monoisotopic (exact) mass is 214 g/mol. The summed E-state index contributed by atoms with van der Waals surface area (Å²) >= 11 is 0. The van der Waals surface area contributed by atoms with Crippen molar-refractivity contribution in [2.75, 3.05) is 12.4 Å². The summed E-state index contributed by atoms with van der Waals surface area (Å²) in [6, 6.07) is 8.29. The van der Waals surface area contributed by atoms with E-state index in [0.29, 0.717) is 0 Å². The van der Waals surface area contributed by atoms with Crippen molar-refractivity contribution in [3.05, 3.63) is 30.1 Å². The Bertz CT molecular complexity index is 498. The van der Waals surface area contributed by atoms with Crippen molar-refractivity contribution in [1.82, 2.24) is 14.8 Å². The van der Waals surface area contributed by atoms with Crippen molar-refractivity contribution in [2.45, 2.75) is 19.4 Å². The molecular weight excluding hydrogens is 200 g/mol. The maximum Gasteiger partial charge on any atom is 0.163 e. The van der Waals surface area contributed by atoms with Crippen LogP contribution < -0.4 is 5.32 Å². The summed E-state index contributed by atoms with van der Waals surface area (Å²) in [6.45, 7) is 1.05. The Hall–Kier alpha value is -1.84. The van der Waals surface area contributed by atoms with Crippen LogP contribution in [0.3, 0.4) is 0 Å². The maximum atomic E-state index is 4.26. The molecule has 4 nitrogen and oxygen atoms in total. The van der Waals surface area contributed by atoms with Gasteiger partial charge in [-0.25, -0.2) is 0 Å². The second-order valence-corrected chi connectivity index (χ2v) is 4.02. The van der Waals surface area contributed by atoms with Crippen LogP contribution in [0.5, 0.6) is 0 Å². The van der Waals surface area contributed by atoms with Crippen LogP contribution in [0.4, 0.5) is 5.69 Å². The van der Waals surface area contributed by atoms with Gasteiger partial charge < -0.3 is 9.88 Å². The quantitative estimate of drug-likeness (QED) is 0.830. The SMILES string of the molecule is CNc1ccc(-c2nnc3n2CCC3)cc1. The topological polar surface area (TPSA) is 42.7 Å². The van der Waals surface area contributed by atoms with Crippen LogP contribution in [0.2, 0.25) is 0 Å². The van der Waals surface area contributed by atoms with Crippen LogP contribution in [0.25, 0.3) is 11.4 Å². The smallest absolute Gasteiger partial charge is 0.163 e. The van der Waals surface area contributed by atoms with Crippen molar-refractivity contribution in [2.24, 2.45) is 0 Å². The summed E-state index contributed by atoms with van der Waals surface area (Å²) in [5, 5.41) is 11.6. The molecule has 0 amide bonds. The van der Waals surface area contributed by atoms with Gasteiger partial charge in [0.05, 0.1) is 0 Å². The minimum Gasteiger partial charge on any atom is -0.388 e. The number of hydrogen-bond donors (Lipinski definition) is 1. The van der Waals surface area contributed by atoms with E-state index < -0.39 is 0 Å². The third-order valence-corrected chi connectivity index (χ3v) is 3.04. The summed E-state index contributed by atoms with van der Waals surface area (Å²) in [5.41, 5.74) is 2.25. The highest BCUT2D eigenvalue weighted by Crippen LogP contribution is 2.24. The summed E-state index contributed by atoms with van der Waals surface area (Å²) in [4.78, 5) is 0. The first-order valence-electron chi connectivity index (χ1n) is 5.59. The average Bonchev–Trinajstić information content (AvgIpc) is 2.91. The summed E-state index contributed by atoms with van der Waals surface area (Å²) in [5.74, 6) is 2.11. The second-order valence-electron chi connectivity index (χ2n) is 4.02. The summed E-state index contributed by atoms with van der Waals surface area (Å²) in [7, 11) is 1.92. The number of hydrogen-bond acceptors (Lipinski definition) is 3. The number of aryl methyl sites for hydroxylation is 1. The van der Waals surface area contributed by atoms with E-state index in [9.17, 15) is 0 Å². The van der Waals surface area contributed by atoms with Gasteiger partial charge in [-0.15, -0.1) is 10.2 Å². The molecule has 1 aromatic heterocycles. The molecule has 0 unspecified atom stereocenters. The lowest BCUT2D eigenvalue weighted by atomic mass is 10.2. The highest BCUT2D eigenvalue weighted by molar-refractivity contribution is 5.60. The highest BCUT2D eigenvalue weighted by atomic mass is 15.3. The van der Waals surface area contributed by atoms with E-state index in [1.165, 1.54) is 6.42 Å². The molecule has 0 aliphatic carbocycles. The second kappa shape index (κ2) is 3.63. The van der Waals surface area contributed by atoms with Gasteiger partial charge >= 0.3 is 0 Å². The van der Waals surface area contributed by atoms with Gasteiger partial charge in [-0.1, -0.05) is 0 Å². The summed E-state index contributed by atoms with van der Waals surface area (Å²) < 4.78 is 2.22. The lowest BCUT2D eigenvalue weighted by Crippen LogP contribution is -1.96. The van der Waals surface area contributed by atoms with Crippen molar-refractivity contribution in [1.29, 1.82) is 0 Å². The van der Waals surface area contributed by atoms with Crippen molar-refractivity contribution in [3.8, 4) is 11.4 Å². The molecule has 0 radical (unpaired) electrons. The van der Waals surface area contributed by atoms with E-state index in [1.807, 2.05) is 7.05 Å². The van der Waals surface area contributed by atoms with E-state index in [1.54, 1.807) is 0 Å². The fraction of sp³-hybridized carbons (Fsp3) is 0.333. The molecular formula is C12H14N4. The normalized spacial score (nSPS) is 13.8. The molecule has 0 atom stereocenters. The van der Waals surface area contributed by atoms with Gasteiger partial charge in [0.1, 0.15) is 5.82 Å². The predicted molar refractivity (Wildman–Crippen MR) is 63.3 cm³/mol. The van der Waals surface area contributed by atoms with E-state index in [-0.39, 0.29) is 0 Å². The Labute approximate surface area is 94.3 Å². The Morgan fingerprint density at radius 2 is 2.00 bits per heavy atom. The first-order valence-corrected chi connectivity index (χ1v) is 5.59. The van der Waals surface area contributed by atoms with E-state index >= 15 is 0 Å². The van der Waals surface area contributed by atoms with Crippen LogP contribution in [-0.4, -0.2) is 21.8 Å². The number of rotatable bonds is 2. The number of anilines is 1. The molecule has 1 aromatic carbocycles. The zero-order chi connectivity index (χ0) is 11.0. The Balaban J connectivity index is 2.01. The van der Waals surface area contributed by atoms with Gasteiger partial charge in [0, 0.05) is 31.3 Å². The van der Waals surface area contributed by atoms with E-state index in [4.69, 9.17) is 0 Å². The van der Waals surface area contributed by atoms with Crippen LogP contribution >= 0.6 is 0 Å². The molecule has 0 bridgehead atoms. The molecule has 0 fully saturated rings. The van der Waals surface area contributed by atoms with Gasteiger partial charge in [0.2, 0.25) is 0 Å².